The third kappa shape index (κ3) is 3.89. The Morgan fingerprint density at radius 1 is 1.25 bits per heavy atom. The molecule has 5 heteroatoms. The van der Waals surface area contributed by atoms with Crippen LogP contribution in [0.1, 0.15) is 22.4 Å². The third-order valence-electron chi connectivity index (χ3n) is 2.87. The molecular formula is C15H16N2NiO2. The molecule has 1 heterocycles. The molecule has 0 unspecified atom stereocenters. The van der Waals surface area contributed by atoms with Crippen LogP contribution in [0.4, 0.5) is 0 Å². The summed E-state index contributed by atoms with van der Waals surface area (Å²) in [6, 6.07) is 9.84. The van der Waals surface area contributed by atoms with E-state index >= 15 is 0 Å². The van der Waals surface area contributed by atoms with E-state index in [2.05, 4.69) is 9.98 Å². The molecular weight excluding hydrogens is 299 g/mol. The smallest absolute Gasteiger partial charge is 0.145 e. The number of rotatable bonds is 4. The van der Waals surface area contributed by atoms with Crippen LogP contribution in [-0.2, 0) is 29.6 Å². The average molecular weight is 315 g/mol. The van der Waals surface area contributed by atoms with Gasteiger partial charge in [-0.15, -0.1) is 0 Å². The summed E-state index contributed by atoms with van der Waals surface area (Å²) in [6.07, 6.45) is 3.14. The van der Waals surface area contributed by atoms with E-state index in [1.54, 1.807) is 19.3 Å². The van der Waals surface area contributed by atoms with Gasteiger partial charge in [0.2, 0.25) is 0 Å². The summed E-state index contributed by atoms with van der Waals surface area (Å²) in [6.45, 7) is 2.07. The number of aliphatic hydroxyl groups excluding tert-OH is 1. The number of nitrogens with zero attached hydrogens (tertiary/aromatic N) is 2. The van der Waals surface area contributed by atoms with Gasteiger partial charge in [0.15, 0.2) is 0 Å². The van der Waals surface area contributed by atoms with Crippen LogP contribution in [0.2, 0.25) is 0 Å². The Kier molecular flexibility index (Phi) is 6.36. The van der Waals surface area contributed by atoms with Gasteiger partial charge in [-0.05, 0) is 12.5 Å². The minimum atomic E-state index is -0.173. The number of aliphatic imine (C=N–C) groups is 1. The summed E-state index contributed by atoms with van der Waals surface area (Å²) < 4.78 is 0. The molecule has 0 atom stereocenters. The summed E-state index contributed by atoms with van der Waals surface area (Å²) >= 11 is 0. The number of aromatic hydroxyl groups is 1. The van der Waals surface area contributed by atoms with Crippen LogP contribution in [0.15, 0.2) is 41.5 Å². The monoisotopic (exact) mass is 314 g/mol. The summed E-state index contributed by atoms with van der Waals surface area (Å²) in [4.78, 5) is 8.30. The molecule has 0 spiro atoms. The molecule has 0 aliphatic carbocycles. The number of aliphatic hydroxyl groups is 1. The maximum atomic E-state index is 9.94. The Morgan fingerprint density at radius 2 is 1.95 bits per heavy atom. The molecule has 0 aliphatic heterocycles. The van der Waals surface area contributed by atoms with Crippen molar-refractivity contribution in [3.05, 3.63) is 58.9 Å². The van der Waals surface area contributed by atoms with Crippen LogP contribution in [0.3, 0.4) is 0 Å². The Balaban J connectivity index is 0.00000200. The predicted molar refractivity (Wildman–Crippen MR) is 74.3 cm³/mol. The van der Waals surface area contributed by atoms with E-state index in [0.29, 0.717) is 23.4 Å². The maximum absolute atomic E-state index is 9.94. The molecule has 1 aromatic heterocycles. The largest absolute Gasteiger partial charge is 0.505 e. The topological polar surface area (TPSA) is 65.7 Å². The Bertz CT molecular complexity index is 586. The van der Waals surface area contributed by atoms with E-state index in [0.717, 1.165) is 5.56 Å². The van der Waals surface area contributed by atoms with Crippen LogP contribution in [0.25, 0.3) is 0 Å². The van der Waals surface area contributed by atoms with Crippen molar-refractivity contribution in [2.24, 2.45) is 4.99 Å². The van der Waals surface area contributed by atoms with Crippen LogP contribution in [0.5, 0.6) is 5.75 Å². The summed E-state index contributed by atoms with van der Waals surface area (Å²) in [7, 11) is 0. The second kappa shape index (κ2) is 7.78. The summed E-state index contributed by atoms with van der Waals surface area (Å²) in [5.74, 6) is 0.0726. The molecule has 2 aromatic rings. The summed E-state index contributed by atoms with van der Waals surface area (Å²) in [5.41, 5.74) is 2.72. The quantitative estimate of drug-likeness (QED) is 0.671. The molecule has 4 nitrogen and oxygen atoms in total. The van der Waals surface area contributed by atoms with Gasteiger partial charge >= 0.3 is 0 Å². The number of hydrogen-bond donors (Lipinski definition) is 2. The van der Waals surface area contributed by atoms with Gasteiger partial charge in [0.05, 0.1) is 18.8 Å². The minimum Gasteiger partial charge on any atom is -0.505 e. The van der Waals surface area contributed by atoms with Crippen molar-refractivity contribution in [3.63, 3.8) is 0 Å². The number of hydrogen-bond acceptors (Lipinski definition) is 4. The number of aryl methyl sites for hydroxylation is 1. The first-order valence-corrected chi connectivity index (χ1v) is 6.04. The fraction of sp³-hybridized carbons (Fsp3) is 0.200. The number of pyridine rings is 1. The van der Waals surface area contributed by atoms with Crippen molar-refractivity contribution < 1.29 is 26.7 Å². The average Bonchev–Trinajstić information content (AvgIpc) is 2.45. The van der Waals surface area contributed by atoms with Crippen LogP contribution < -0.4 is 0 Å². The molecule has 0 saturated carbocycles. The molecule has 0 saturated heterocycles. The zero-order valence-electron chi connectivity index (χ0n) is 11.1. The fourth-order valence-corrected chi connectivity index (χ4v) is 1.75. The summed E-state index contributed by atoms with van der Waals surface area (Å²) in [5, 5.41) is 19.2. The Morgan fingerprint density at radius 3 is 2.60 bits per heavy atom. The van der Waals surface area contributed by atoms with Gasteiger partial charge in [0.1, 0.15) is 5.75 Å². The van der Waals surface area contributed by atoms with E-state index in [9.17, 15) is 10.2 Å². The van der Waals surface area contributed by atoms with Gasteiger partial charge in [-0.25, -0.2) is 0 Å². The Labute approximate surface area is 128 Å². The number of benzene rings is 1. The van der Waals surface area contributed by atoms with E-state index < -0.39 is 0 Å². The second-order valence-electron chi connectivity index (χ2n) is 4.24. The van der Waals surface area contributed by atoms with Gasteiger partial charge in [-0.1, -0.05) is 30.3 Å². The van der Waals surface area contributed by atoms with Crippen molar-refractivity contribution in [1.29, 1.82) is 0 Å². The van der Waals surface area contributed by atoms with Crippen molar-refractivity contribution in [3.8, 4) is 5.75 Å². The van der Waals surface area contributed by atoms with Crippen molar-refractivity contribution in [1.82, 2.24) is 4.98 Å². The van der Waals surface area contributed by atoms with Crippen molar-refractivity contribution >= 4 is 6.21 Å². The first-order valence-electron chi connectivity index (χ1n) is 6.04. The van der Waals surface area contributed by atoms with Crippen molar-refractivity contribution in [2.45, 2.75) is 20.1 Å². The normalized spacial score (nSPS) is 10.5. The standard InChI is InChI=1S/C15H16N2O2.Ni/c1-11-15(19)14(13(10-18)8-17-11)9-16-7-12-5-3-2-4-6-12;/h2-6,8-9,18-19H,7,10H2,1H3;. The van der Waals surface area contributed by atoms with Crippen LogP contribution in [0, 0.1) is 6.92 Å². The fourth-order valence-electron chi connectivity index (χ4n) is 1.75. The molecule has 0 aliphatic rings. The van der Waals surface area contributed by atoms with Gasteiger partial charge in [-0.3, -0.25) is 9.98 Å². The van der Waals surface area contributed by atoms with E-state index in [1.165, 1.54) is 0 Å². The third-order valence-corrected chi connectivity index (χ3v) is 2.87. The first kappa shape index (κ1) is 16.3. The van der Waals surface area contributed by atoms with Gasteiger partial charge in [-0.2, -0.15) is 0 Å². The zero-order valence-corrected chi connectivity index (χ0v) is 12.0. The molecule has 0 fully saturated rings. The molecule has 2 rings (SSSR count). The van der Waals surface area contributed by atoms with E-state index in [4.69, 9.17) is 0 Å². The minimum absolute atomic E-state index is 0. The molecule has 108 valence electrons. The van der Waals surface area contributed by atoms with Crippen LogP contribution >= 0.6 is 0 Å². The van der Waals surface area contributed by atoms with E-state index in [1.807, 2.05) is 30.3 Å². The van der Waals surface area contributed by atoms with Crippen LogP contribution in [-0.4, -0.2) is 21.4 Å². The molecule has 2 N–H and O–H groups in total. The zero-order chi connectivity index (χ0) is 13.7. The van der Waals surface area contributed by atoms with Crippen molar-refractivity contribution in [2.75, 3.05) is 0 Å². The molecule has 0 radical (unpaired) electrons. The van der Waals surface area contributed by atoms with Gasteiger partial charge < -0.3 is 10.2 Å². The second-order valence-corrected chi connectivity index (χ2v) is 4.24. The van der Waals surface area contributed by atoms with E-state index in [-0.39, 0.29) is 28.8 Å². The SMILES string of the molecule is Cc1ncc(CO)c(C=NCc2ccccc2)c1O.[Ni]. The molecule has 20 heavy (non-hydrogen) atoms. The molecule has 0 amide bonds. The predicted octanol–water partition coefficient (Wildman–Crippen LogP) is 2.20. The number of aromatic nitrogens is 1. The van der Waals surface area contributed by atoms with Gasteiger partial charge in [0.25, 0.3) is 0 Å². The van der Waals surface area contributed by atoms with Gasteiger partial charge in [0, 0.05) is 40.0 Å². The Hall–Kier alpha value is -1.71. The maximum Gasteiger partial charge on any atom is 0.145 e. The molecule has 1 aromatic carbocycles. The molecule has 0 bridgehead atoms. The first-order chi connectivity index (χ1) is 9.22.